The first-order valence-electron chi connectivity index (χ1n) is 5.59. The second-order valence-corrected chi connectivity index (χ2v) is 4.00. The third-order valence-corrected chi connectivity index (χ3v) is 2.88. The average Bonchev–Trinajstić information content (AvgIpc) is 3.02. The molecule has 0 saturated carbocycles. The van der Waals surface area contributed by atoms with Crippen LogP contribution in [0.25, 0.3) is 0 Å². The Kier molecular flexibility index (Phi) is 2.63. The lowest BCUT2D eigenvalue weighted by Crippen LogP contribution is -2.24. The fraction of sp³-hybridized carbons (Fsp3) is 0.231. The second-order valence-electron chi connectivity index (χ2n) is 4.00. The molecule has 2 aliphatic rings. The Hall–Kier alpha value is -2.50. The van der Waals surface area contributed by atoms with Crippen LogP contribution in [0.15, 0.2) is 30.0 Å². The third-order valence-electron chi connectivity index (χ3n) is 2.88. The lowest BCUT2D eigenvalue weighted by Gasteiger charge is -2.12. The number of carbonyl (C=O) groups is 2. The predicted octanol–water partition coefficient (Wildman–Crippen LogP) is 1.05. The number of methoxy groups -OCH3 is 1. The molecule has 0 aliphatic carbocycles. The van der Waals surface area contributed by atoms with Crippen LogP contribution < -0.4 is 9.47 Å². The van der Waals surface area contributed by atoms with Crippen molar-refractivity contribution in [1.82, 2.24) is 0 Å². The maximum atomic E-state index is 12.3. The van der Waals surface area contributed by atoms with E-state index in [4.69, 9.17) is 18.9 Å². The van der Waals surface area contributed by atoms with E-state index in [2.05, 4.69) is 0 Å². The summed E-state index contributed by atoms with van der Waals surface area (Å²) < 4.78 is 20.3. The van der Waals surface area contributed by atoms with Gasteiger partial charge in [-0.3, -0.25) is 4.79 Å². The van der Waals surface area contributed by atoms with Crippen molar-refractivity contribution in [3.8, 4) is 11.5 Å². The molecule has 3 rings (SSSR count). The number of rotatable bonds is 3. The summed E-state index contributed by atoms with van der Waals surface area (Å²) in [5, 5.41) is 0. The molecule has 0 N–H and O–H groups in total. The van der Waals surface area contributed by atoms with Crippen molar-refractivity contribution in [1.29, 1.82) is 0 Å². The van der Waals surface area contributed by atoms with Crippen molar-refractivity contribution < 1.29 is 28.5 Å². The maximum Gasteiger partial charge on any atom is 0.335 e. The molecular formula is C13H10O6. The van der Waals surface area contributed by atoms with Crippen LogP contribution in [-0.2, 0) is 14.3 Å². The first-order valence-corrected chi connectivity index (χ1v) is 5.59. The van der Waals surface area contributed by atoms with Gasteiger partial charge >= 0.3 is 5.97 Å². The van der Waals surface area contributed by atoms with E-state index < -0.39 is 12.1 Å². The van der Waals surface area contributed by atoms with Gasteiger partial charge in [0.05, 0.1) is 13.2 Å². The van der Waals surface area contributed by atoms with E-state index in [1.807, 2.05) is 0 Å². The summed E-state index contributed by atoms with van der Waals surface area (Å²) in [6, 6.07) is 4.79. The Morgan fingerprint density at radius 2 is 2.11 bits per heavy atom. The molecule has 6 heteroatoms. The van der Waals surface area contributed by atoms with Gasteiger partial charge in [0.25, 0.3) is 0 Å². The van der Waals surface area contributed by atoms with E-state index in [1.165, 1.54) is 7.11 Å². The molecule has 1 atom stereocenters. The van der Waals surface area contributed by atoms with E-state index in [0.717, 1.165) is 6.08 Å². The second kappa shape index (κ2) is 4.31. The van der Waals surface area contributed by atoms with Crippen molar-refractivity contribution >= 4 is 11.8 Å². The van der Waals surface area contributed by atoms with Crippen molar-refractivity contribution in [2.75, 3.05) is 13.9 Å². The third kappa shape index (κ3) is 1.91. The quantitative estimate of drug-likeness (QED) is 0.599. The molecule has 0 radical (unpaired) electrons. The molecule has 0 aromatic heterocycles. The maximum absolute atomic E-state index is 12.3. The van der Waals surface area contributed by atoms with Gasteiger partial charge in [-0.15, -0.1) is 0 Å². The molecule has 1 aromatic rings. The van der Waals surface area contributed by atoms with Gasteiger partial charge in [-0.2, -0.15) is 0 Å². The Morgan fingerprint density at radius 3 is 2.89 bits per heavy atom. The van der Waals surface area contributed by atoms with Crippen molar-refractivity contribution in [3.63, 3.8) is 0 Å². The molecule has 1 aromatic carbocycles. The van der Waals surface area contributed by atoms with Crippen LogP contribution in [0.4, 0.5) is 0 Å². The van der Waals surface area contributed by atoms with Gasteiger partial charge < -0.3 is 18.9 Å². The zero-order chi connectivity index (χ0) is 13.4. The normalized spacial score (nSPS) is 19.9. The molecule has 0 fully saturated rings. The number of ketones is 1. The highest BCUT2D eigenvalue weighted by Gasteiger charge is 2.35. The highest BCUT2D eigenvalue weighted by molar-refractivity contribution is 6.05. The molecule has 0 spiro atoms. The Labute approximate surface area is 108 Å². The highest BCUT2D eigenvalue weighted by atomic mass is 16.7. The smallest absolute Gasteiger partial charge is 0.335 e. The van der Waals surface area contributed by atoms with Gasteiger partial charge in [0, 0.05) is 5.56 Å². The number of hydrogen-bond donors (Lipinski definition) is 0. The van der Waals surface area contributed by atoms with Crippen LogP contribution in [0.5, 0.6) is 11.5 Å². The fourth-order valence-corrected chi connectivity index (χ4v) is 1.95. The van der Waals surface area contributed by atoms with Crippen LogP contribution in [0.3, 0.4) is 0 Å². The number of esters is 1. The van der Waals surface area contributed by atoms with Crippen LogP contribution in [0.1, 0.15) is 10.4 Å². The monoisotopic (exact) mass is 262 g/mol. The van der Waals surface area contributed by atoms with Crippen LogP contribution >= 0.6 is 0 Å². The summed E-state index contributed by atoms with van der Waals surface area (Å²) in [4.78, 5) is 23.4. The van der Waals surface area contributed by atoms with Crippen molar-refractivity contribution in [2.24, 2.45) is 0 Å². The number of Topliss-reactive ketones (excluding diaryl/α,β-unsaturated/α-hetero) is 1. The van der Waals surface area contributed by atoms with E-state index in [0.29, 0.717) is 17.1 Å². The molecule has 0 bridgehead atoms. The van der Waals surface area contributed by atoms with E-state index in [1.54, 1.807) is 18.2 Å². The molecule has 98 valence electrons. The summed E-state index contributed by atoms with van der Waals surface area (Å²) in [5.41, 5.74) is 0.368. The predicted molar refractivity (Wildman–Crippen MR) is 61.9 cm³/mol. The van der Waals surface area contributed by atoms with Crippen LogP contribution in [0, 0.1) is 0 Å². The van der Waals surface area contributed by atoms with Gasteiger partial charge in [0.15, 0.2) is 17.3 Å². The molecular weight excluding hydrogens is 252 g/mol. The van der Waals surface area contributed by atoms with Crippen molar-refractivity contribution in [2.45, 2.75) is 6.10 Å². The van der Waals surface area contributed by atoms with E-state index in [-0.39, 0.29) is 18.3 Å². The zero-order valence-electron chi connectivity index (χ0n) is 10.0. The Balaban J connectivity index is 1.88. The van der Waals surface area contributed by atoms with Gasteiger partial charge in [-0.05, 0) is 18.2 Å². The highest BCUT2D eigenvalue weighted by Crippen LogP contribution is 2.33. The molecule has 19 heavy (non-hydrogen) atoms. The van der Waals surface area contributed by atoms with Gasteiger partial charge in [0.1, 0.15) is 0 Å². The molecule has 0 amide bonds. The molecule has 1 unspecified atom stereocenters. The minimum Gasteiger partial charge on any atom is -0.496 e. The molecule has 0 saturated heterocycles. The standard InChI is InChI=1S/C13H10O6/c1-16-10-5-11(14)19-13(10)12(15)7-2-3-8-9(4-7)18-6-17-8/h2-5,13H,6H2,1H3. The number of ether oxygens (including phenoxy) is 4. The Morgan fingerprint density at radius 1 is 1.32 bits per heavy atom. The van der Waals surface area contributed by atoms with E-state index in [9.17, 15) is 9.59 Å². The summed E-state index contributed by atoms with van der Waals surface area (Å²) in [5.74, 6) is 0.335. The lowest BCUT2D eigenvalue weighted by molar-refractivity contribution is -0.137. The SMILES string of the molecule is COC1=CC(=O)OC1C(=O)c1ccc2c(c1)OCO2. The van der Waals surface area contributed by atoms with E-state index >= 15 is 0 Å². The first kappa shape index (κ1) is 11.6. The molecule has 6 nitrogen and oxygen atoms in total. The summed E-state index contributed by atoms with van der Waals surface area (Å²) in [7, 11) is 1.38. The fourth-order valence-electron chi connectivity index (χ4n) is 1.95. The summed E-state index contributed by atoms with van der Waals surface area (Å²) in [6.07, 6.45) is 0.132. The average molecular weight is 262 g/mol. The first-order chi connectivity index (χ1) is 9.19. The number of fused-ring (bicyclic) bond motifs is 1. The zero-order valence-corrected chi connectivity index (χ0v) is 10.0. The van der Waals surface area contributed by atoms with Crippen LogP contribution in [0.2, 0.25) is 0 Å². The number of carbonyl (C=O) groups excluding carboxylic acids is 2. The lowest BCUT2D eigenvalue weighted by atomic mass is 10.0. The molecule has 2 heterocycles. The van der Waals surface area contributed by atoms with Crippen LogP contribution in [-0.4, -0.2) is 31.8 Å². The van der Waals surface area contributed by atoms with Crippen molar-refractivity contribution in [3.05, 3.63) is 35.6 Å². The minimum absolute atomic E-state index is 0.134. The number of cyclic esters (lactones) is 1. The summed E-state index contributed by atoms with van der Waals surface area (Å²) >= 11 is 0. The largest absolute Gasteiger partial charge is 0.496 e. The van der Waals surface area contributed by atoms with Gasteiger partial charge in [-0.1, -0.05) is 0 Å². The van der Waals surface area contributed by atoms with Gasteiger partial charge in [0.2, 0.25) is 18.7 Å². The molecule has 2 aliphatic heterocycles. The number of hydrogen-bond acceptors (Lipinski definition) is 6. The summed E-state index contributed by atoms with van der Waals surface area (Å²) in [6.45, 7) is 0.134. The topological polar surface area (TPSA) is 71.1 Å². The Bertz CT molecular complexity index is 589. The van der Waals surface area contributed by atoms with Gasteiger partial charge in [-0.25, -0.2) is 4.79 Å². The minimum atomic E-state index is -1.03. The number of benzene rings is 1.